The largest absolute Gasteiger partial charge is 0.419 e. The van der Waals surface area contributed by atoms with Crippen molar-refractivity contribution in [2.45, 2.75) is 19.1 Å². The molecule has 0 saturated heterocycles. The molecule has 0 amide bonds. The third-order valence-corrected chi connectivity index (χ3v) is 3.76. The minimum Gasteiger partial charge on any atom is -0.398 e. The average molecular weight is 319 g/mol. The van der Waals surface area contributed by atoms with Crippen molar-refractivity contribution < 1.29 is 13.2 Å². The van der Waals surface area contributed by atoms with Crippen molar-refractivity contribution in [1.82, 2.24) is 9.97 Å². The van der Waals surface area contributed by atoms with Crippen LogP contribution in [0.25, 0.3) is 0 Å². The summed E-state index contributed by atoms with van der Waals surface area (Å²) in [5.41, 5.74) is 6.60. The van der Waals surface area contributed by atoms with Gasteiger partial charge in [-0.25, -0.2) is 4.98 Å². The molecule has 23 heavy (non-hydrogen) atoms. The van der Waals surface area contributed by atoms with E-state index in [1.54, 1.807) is 17.2 Å². The zero-order valence-corrected chi connectivity index (χ0v) is 11.9. The smallest absolute Gasteiger partial charge is 0.398 e. The lowest BCUT2D eigenvalue weighted by Crippen LogP contribution is -2.32. The lowest BCUT2D eigenvalue weighted by atomic mass is 10.0. The van der Waals surface area contributed by atoms with E-state index in [2.05, 4.69) is 9.97 Å². The van der Waals surface area contributed by atoms with E-state index >= 15 is 0 Å². The molecule has 0 unspecified atom stereocenters. The molecule has 3 rings (SSSR count). The van der Waals surface area contributed by atoms with Gasteiger partial charge in [-0.05, 0) is 18.2 Å². The lowest BCUT2D eigenvalue weighted by Gasteiger charge is -2.30. The van der Waals surface area contributed by atoms with Crippen molar-refractivity contribution in [3.05, 3.63) is 46.9 Å². The van der Waals surface area contributed by atoms with Crippen LogP contribution < -0.4 is 10.6 Å². The SMILES string of the molecule is N#Cc1nc(N2CCc3nccc(N)c3C2)ccc1C(F)(F)F. The number of anilines is 2. The van der Waals surface area contributed by atoms with Gasteiger partial charge in [0.2, 0.25) is 0 Å². The maximum absolute atomic E-state index is 12.8. The predicted molar refractivity (Wildman–Crippen MR) is 77.4 cm³/mol. The van der Waals surface area contributed by atoms with E-state index in [1.807, 2.05) is 0 Å². The molecular formula is C15H12F3N5. The quantitative estimate of drug-likeness (QED) is 0.874. The molecular weight excluding hydrogens is 307 g/mol. The summed E-state index contributed by atoms with van der Waals surface area (Å²) < 4.78 is 38.5. The van der Waals surface area contributed by atoms with Gasteiger partial charge in [0.15, 0.2) is 5.69 Å². The summed E-state index contributed by atoms with van der Waals surface area (Å²) in [6.45, 7) is 0.949. The number of rotatable bonds is 1. The minimum atomic E-state index is -4.60. The lowest BCUT2D eigenvalue weighted by molar-refractivity contribution is -0.138. The first-order valence-corrected chi connectivity index (χ1v) is 6.85. The molecule has 1 aliphatic heterocycles. The zero-order valence-electron chi connectivity index (χ0n) is 11.9. The Morgan fingerprint density at radius 3 is 2.74 bits per heavy atom. The molecule has 8 heteroatoms. The Hall–Kier alpha value is -2.82. The first kappa shape index (κ1) is 15.1. The number of alkyl halides is 3. The van der Waals surface area contributed by atoms with Gasteiger partial charge in [-0.15, -0.1) is 0 Å². The number of aromatic nitrogens is 2. The van der Waals surface area contributed by atoms with Crippen LogP contribution in [0.3, 0.4) is 0 Å². The van der Waals surface area contributed by atoms with Crippen LogP contribution in [0, 0.1) is 11.3 Å². The highest BCUT2D eigenvalue weighted by Gasteiger charge is 2.35. The van der Waals surface area contributed by atoms with Crippen LogP contribution in [0.1, 0.15) is 22.5 Å². The highest BCUT2D eigenvalue weighted by Crippen LogP contribution is 2.33. The summed E-state index contributed by atoms with van der Waals surface area (Å²) in [6.07, 6.45) is -2.35. The number of halogens is 3. The molecule has 0 aliphatic carbocycles. The molecule has 0 bridgehead atoms. The van der Waals surface area contributed by atoms with Crippen LogP contribution in [0.4, 0.5) is 24.7 Å². The standard InChI is InChI=1S/C15H12F3N5/c16-15(17,18)10-1-2-14(22-13(10)7-19)23-6-4-12-9(8-23)11(20)3-5-21-12/h1-3,5H,4,6,8H2,(H2,20,21). The molecule has 2 aromatic rings. The number of nitriles is 1. The summed E-state index contributed by atoms with van der Waals surface area (Å²) in [5, 5.41) is 8.95. The molecule has 5 nitrogen and oxygen atoms in total. The van der Waals surface area contributed by atoms with Crippen molar-refractivity contribution in [2.75, 3.05) is 17.2 Å². The van der Waals surface area contributed by atoms with Crippen LogP contribution in [-0.2, 0) is 19.1 Å². The van der Waals surface area contributed by atoms with Crippen LogP contribution in [0.2, 0.25) is 0 Å². The molecule has 3 heterocycles. The van der Waals surface area contributed by atoms with Crippen molar-refractivity contribution in [1.29, 1.82) is 5.26 Å². The van der Waals surface area contributed by atoms with Gasteiger partial charge in [-0.1, -0.05) is 0 Å². The van der Waals surface area contributed by atoms with Crippen LogP contribution in [-0.4, -0.2) is 16.5 Å². The average Bonchev–Trinajstić information content (AvgIpc) is 2.53. The molecule has 118 valence electrons. The molecule has 2 aromatic heterocycles. The van der Waals surface area contributed by atoms with E-state index < -0.39 is 17.4 Å². The van der Waals surface area contributed by atoms with Gasteiger partial charge in [-0.2, -0.15) is 18.4 Å². The Morgan fingerprint density at radius 1 is 1.26 bits per heavy atom. The van der Waals surface area contributed by atoms with Gasteiger partial charge in [0.25, 0.3) is 0 Å². The molecule has 0 aromatic carbocycles. The second-order valence-electron chi connectivity index (χ2n) is 5.17. The summed E-state index contributed by atoms with van der Waals surface area (Å²) in [5.74, 6) is 0.323. The zero-order chi connectivity index (χ0) is 16.6. The van der Waals surface area contributed by atoms with Crippen LogP contribution in [0.5, 0.6) is 0 Å². The highest BCUT2D eigenvalue weighted by molar-refractivity contribution is 5.54. The number of hydrogen-bond donors (Lipinski definition) is 1. The number of hydrogen-bond acceptors (Lipinski definition) is 5. The van der Waals surface area contributed by atoms with E-state index in [1.165, 1.54) is 12.1 Å². The summed E-state index contributed by atoms with van der Waals surface area (Å²) in [4.78, 5) is 9.92. The van der Waals surface area contributed by atoms with Gasteiger partial charge < -0.3 is 10.6 Å². The summed E-state index contributed by atoms with van der Waals surface area (Å²) >= 11 is 0. The van der Waals surface area contributed by atoms with Crippen LogP contribution >= 0.6 is 0 Å². The fraction of sp³-hybridized carbons (Fsp3) is 0.267. The van der Waals surface area contributed by atoms with Gasteiger partial charge >= 0.3 is 6.18 Å². The molecule has 2 N–H and O–H groups in total. The Bertz CT molecular complexity index is 795. The van der Waals surface area contributed by atoms with Gasteiger partial charge in [0, 0.05) is 42.7 Å². The Balaban J connectivity index is 1.95. The summed E-state index contributed by atoms with van der Waals surface area (Å²) in [6, 6.07) is 5.37. The fourth-order valence-corrected chi connectivity index (χ4v) is 2.60. The third kappa shape index (κ3) is 2.77. The van der Waals surface area contributed by atoms with E-state index in [-0.39, 0.29) is 0 Å². The summed E-state index contributed by atoms with van der Waals surface area (Å²) in [7, 11) is 0. The van der Waals surface area contributed by atoms with Gasteiger partial charge in [-0.3, -0.25) is 4.98 Å². The Kier molecular flexibility index (Phi) is 3.56. The second kappa shape index (κ2) is 5.43. The number of nitrogens with two attached hydrogens (primary N) is 1. The molecule has 1 aliphatic rings. The van der Waals surface area contributed by atoms with E-state index in [4.69, 9.17) is 11.0 Å². The molecule has 0 saturated carbocycles. The topological polar surface area (TPSA) is 78.8 Å². The van der Waals surface area contributed by atoms with Crippen molar-refractivity contribution in [3.8, 4) is 6.07 Å². The number of fused-ring (bicyclic) bond motifs is 1. The minimum absolute atomic E-state index is 0.323. The van der Waals surface area contributed by atoms with Crippen molar-refractivity contribution in [3.63, 3.8) is 0 Å². The maximum Gasteiger partial charge on any atom is 0.419 e. The van der Waals surface area contributed by atoms with E-state index in [0.29, 0.717) is 31.0 Å². The van der Waals surface area contributed by atoms with Crippen molar-refractivity contribution in [2.24, 2.45) is 0 Å². The number of nitrogen functional groups attached to an aromatic ring is 1. The molecule has 0 fully saturated rings. The fourth-order valence-electron chi connectivity index (χ4n) is 2.60. The van der Waals surface area contributed by atoms with Gasteiger partial charge in [0.05, 0.1) is 5.56 Å². The molecule has 0 spiro atoms. The Labute approximate surface area is 130 Å². The maximum atomic E-state index is 12.8. The van der Waals surface area contributed by atoms with Gasteiger partial charge in [0.1, 0.15) is 11.9 Å². The number of nitrogens with zero attached hydrogens (tertiary/aromatic N) is 4. The predicted octanol–water partition coefficient (Wildman–Crippen LogP) is 2.51. The second-order valence-corrected chi connectivity index (χ2v) is 5.17. The van der Waals surface area contributed by atoms with Crippen molar-refractivity contribution >= 4 is 11.5 Å². The number of pyridine rings is 2. The van der Waals surface area contributed by atoms with E-state index in [0.717, 1.165) is 17.3 Å². The van der Waals surface area contributed by atoms with Crippen LogP contribution in [0.15, 0.2) is 24.4 Å². The molecule has 0 atom stereocenters. The Morgan fingerprint density at radius 2 is 2.04 bits per heavy atom. The first-order chi connectivity index (χ1) is 10.9. The van der Waals surface area contributed by atoms with E-state index in [9.17, 15) is 13.2 Å². The molecule has 0 radical (unpaired) electrons. The highest BCUT2D eigenvalue weighted by atomic mass is 19.4. The monoisotopic (exact) mass is 319 g/mol. The third-order valence-electron chi connectivity index (χ3n) is 3.76. The normalized spacial score (nSPS) is 14.3. The first-order valence-electron chi connectivity index (χ1n) is 6.85.